The fourth-order valence-corrected chi connectivity index (χ4v) is 3.42. The van der Waals surface area contributed by atoms with Crippen LogP contribution in [0.3, 0.4) is 0 Å². The van der Waals surface area contributed by atoms with Gasteiger partial charge >= 0.3 is 6.09 Å². The molecule has 2 aliphatic heterocycles. The van der Waals surface area contributed by atoms with Gasteiger partial charge in [0, 0.05) is 32.3 Å². The minimum atomic E-state index is -0.412. The number of nitrogens with zero attached hydrogens (tertiary/aromatic N) is 2. The van der Waals surface area contributed by atoms with Crippen molar-refractivity contribution in [2.75, 3.05) is 39.9 Å². The summed E-state index contributed by atoms with van der Waals surface area (Å²) in [6.07, 6.45) is 5.64. The first-order chi connectivity index (χ1) is 10.8. The molecule has 0 aromatic heterocycles. The molecule has 0 radical (unpaired) electrons. The normalized spacial score (nSPS) is 24.2. The van der Waals surface area contributed by atoms with Gasteiger partial charge in [0.25, 0.3) is 0 Å². The standard InChI is InChI=1S/C18H34N2O3/c1-18(2,3)23-17(21)20-11-7-15(8-12-20)14-22-13-9-16-6-5-10-19(16)4/h15-16H,5-14H2,1-4H3. The van der Waals surface area contributed by atoms with Crippen LogP contribution in [-0.4, -0.2) is 67.4 Å². The minimum Gasteiger partial charge on any atom is -0.444 e. The Morgan fingerprint density at radius 1 is 1.13 bits per heavy atom. The van der Waals surface area contributed by atoms with Crippen LogP contribution in [-0.2, 0) is 9.47 Å². The van der Waals surface area contributed by atoms with Gasteiger partial charge in [-0.3, -0.25) is 0 Å². The lowest BCUT2D eigenvalue weighted by Crippen LogP contribution is -2.42. The Morgan fingerprint density at radius 3 is 2.39 bits per heavy atom. The first kappa shape index (κ1) is 18.5. The second-order valence-electron chi connectivity index (χ2n) is 8.05. The molecule has 2 aliphatic rings. The van der Waals surface area contributed by atoms with Crippen molar-refractivity contribution in [3.63, 3.8) is 0 Å². The first-order valence-corrected chi connectivity index (χ1v) is 9.11. The van der Waals surface area contributed by atoms with Crippen molar-refractivity contribution in [2.45, 2.75) is 64.5 Å². The van der Waals surface area contributed by atoms with Crippen LogP contribution in [0, 0.1) is 5.92 Å². The molecule has 0 bridgehead atoms. The van der Waals surface area contributed by atoms with Gasteiger partial charge in [0.15, 0.2) is 0 Å². The third-order valence-corrected chi connectivity index (χ3v) is 4.89. The SMILES string of the molecule is CN1CCCC1CCOCC1CCN(C(=O)OC(C)(C)C)CC1. The number of hydrogen-bond donors (Lipinski definition) is 0. The van der Waals surface area contributed by atoms with E-state index in [1.54, 1.807) is 0 Å². The second-order valence-corrected chi connectivity index (χ2v) is 8.05. The largest absolute Gasteiger partial charge is 0.444 e. The van der Waals surface area contributed by atoms with Crippen LogP contribution in [0.1, 0.15) is 52.9 Å². The van der Waals surface area contributed by atoms with Gasteiger partial charge in [-0.15, -0.1) is 0 Å². The van der Waals surface area contributed by atoms with Crippen LogP contribution >= 0.6 is 0 Å². The lowest BCUT2D eigenvalue weighted by Gasteiger charge is -2.33. The number of piperidine rings is 1. The van der Waals surface area contributed by atoms with Crippen LogP contribution in [0.15, 0.2) is 0 Å². The maximum atomic E-state index is 12.0. The average Bonchev–Trinajstić information content (AvgIpc) is 2.88. The molecule has 2 rings (SSSR count). The molecule has 1 amide bonds. The lowest BCUT2D eigenvalue weighted by molar-refractivity contribution is 0.0108. The van der Waals surface area contributed by atoms with Gasteiger partial charge in [-0.1, -0.05) is 0 Å². The van der Waals surface area contributed by atoms with Crippen molar-refractivity contribution < 1.29 is 14.3 Å². The van der Waals surface area contributed by atoms with Gasteiger partial charge < -0.3 is 19.3 Å². The van der Waals surface area contributed by atoms with Crippen molar-refractivity contribution in [1.82, 2.24) is 9.80 Å². The Labute approximate surface area is 141 Å². The highest BCUT2D eigenvalue weighted by molar-refractivity contribution is 5.68. The van der Waals surface area contributed by atoms with E-state index in [0.717, 1.165) is 45.6 Å². The Morgan fingerprint density at radius 2 is 1.83 bits per heavy atom. The fraction of sp³-hybridized carbons (Fsp3) is 0.944. The molecule has 0 aromatic carbocycles. The lowest BCUT2D eigenvalue weighted by atomic mass is 9.98. The molecular weight excluding hydrogens is 292 g/mol. The third-order valence-electron chi connectivity index (χ3n) is 4.89. The highest BCUT2D eigenvalue weighted by atomic mass is 16.6. The van der Waals surface area contributed by atoms with Crippen molar-refractivity contribution >= 4 is 6.09 Å². The predicted molar refractivity (Wildman–Crippen MR) is 91.6 cm³/mol. The van der Waals surface area contributed by atoms with E-state index in [1.165, 1.54) is 19.4 Å². The fourth-order valence-electron chi connectivity index (χ4n) is 3.42. The van der Waals surface area contributed by atoms with Gasteiger partial charge in [0.1, 0.15) is 5.60 Å². The summed E-state index contributed by atoms with van der Waals surface area (Å²) >= 11 is 0. The first-order valence-electron chi connectivity index (χ1n) is 9.11. The van der Waals surface area contributed by atoms with E-state index in [0.29, 0.717) is 12.0 Å². The smallest absolute Gasteiger partial charge is 0.410 e. The number of likely N-dealkylation sites (tertiary alicyclic amines) is 2. The highest BCUT2D eigenvalue weighted by Crippen LogP contribution is 2.21. The molecule has 2 heterocycles. The summed E-state index contributed by atoms with van der Waals surface area (Å²) in [7, 11) is 2.21. The molecule has 0 spiro atoms. The molecule has 0 saturated carbocycles. The number of rotatable bonds is 5. The topological polar surface area (TPSA) is 42.0 Å². The zero-order valence-corrected chi connectivity index (χ0v) is 15.3. The minimum absolute atomic E-state index is 0.180. The predicted octanol–water partition coefficient (Wildman–Crippen LogP) is 3.13. The number of carbonyl (C=O) groups excluding carboxylic acids is 1. The average molecular weight is 326 g/mol. The summed E-state index contributed by atoms with van der Waals surface area (Å²) < 4.78 is 11.3. The maximum Gasteiger partial charge on any atom is 0.410 e. The van der Waals surface area contributed by atoms with Crippen LogP contribution in [0.4, 0.5) is 4.79 Å². The van der Waals surface area contributed by atoms with E-state index in [1.807, 2.05) is 25.7 Å². The maximum absolute atomic E-state index is 12.0. The van der Waals surface area contributed by atoms with Crippen molar-refractivity contribution in [1.29, 1.82) is 0 Å². The molecule has 0 N–H and O–H groups in total. The van der Waals surface area contributed by atoms with Gasteiger partial charge in [-0.05, 0) is 72.4 Å². The number of carbonyl (C=O) groups is 1. The van der Waals surface area contributed by atoms with Crippen LogP contribution in [0.25, 0.3) is 0 Å². The Bertz CT molecular complexity index is 373. The van der Waals surface area contributed by atoms with E-state index >= 15 is 0 Å². The van der Waals surface area contributed by atoms with Gasteiger partial charge in [0.05, 0.1) is 0 Å². The van der Waals surface area contributed by atoms with Crippen molar-refractivity contribution in [3.05, 3.63) is 0 Å². The van der Waals surface area contributed by atoms with E-state index in [2.05, 4.69) is 11.9 Å². The highest BCUT2D eigenvalue weighted by Gasteiger charge is 2.27. The molecule has 134 valence electrons. The van der Waals surface area contributed by atoms with Crippen molar-refractivity contribution in [2.24, 2.45) is 5.92 Å². The van der Waals surface area contributed by atoms with E-state index in [-0.39, 0.29) is 6.09 Å². The molecular formula is C18H34N2O3. The summed E-state index contributed by atoms with van der Waals surface area (Å²) in [5.41, 5.74) is -0.412. The zero-order chi connectivity index (χ0) is 16.9. The summed E-state index contributed by atoms with van der Waals surface area (Å²) in [5, 5.41) is 0. The monoisotopic (exact) mass is 326 g/mol. The molecule has 23 heavy (non-hydrogen) atoms. The number of ether oxygens (including phenoxy) is 2. The van der Waals surface area contributed by atoms with E-state index in [9.17, 15) is 4.79 Å². The third kappa shape index (κ3) is 6.30. The molecule has 1 unspecified atom stereocenters. The summed E-state index contributed by atoms with van der Waals surface area (Å²) in [4.78, 5) is 16.3. The van der Waals surface area contributed by atoms with Gasteiger partial charge in [0.2, 0.25) is 0 Å². The Kier molecular flexibility index (Phi) is 6.72. The Balaban J connectivity index is 1.57. The molecule has 2 fully saturated rings. The summed E-state index contributed by atoms with van der Waals surface area (Å²) in [6.45, 7) is 10.2. The summed E-state index contributed by atoms with van der Waals surface area (Å²) in [6, 6.07) is 0.712. The van der Waals surface area contributed by atoms with E-state index < -0.39 is 5.60 Å². The zero-order valence-electron chi connectivity index (χ0n) is 15.3. The van der Waals surface area contributed by atoms with Crippen LogP contribution < -0.4 is 0 Å². The number of hydrogen-bond acceptors (Lipinski definition) is 4. The van der Waals surface area contributed by atoms with Gasteiger partial charge in [-0.2, -0.15) is 0 Å². The molecule has 1 atom stereocenters. The number of amides is 1. The molecule has 5 nitrogen and oxygen atoms in total. The van der Waals surface area contributed by atoms with E-state index in [4.69, 9.17) is 9.47 Å². The van der Waals surface area contributed by atoms with Crippen LogP contribution in [0.2, 0.25) is 0 Å². The van der Waals surface area contributed by atoms with Crippen LogP contribution in [0.5, 0.6) is 0 Å². The quantitative estimate of drug-likeness (QED) is 0.728. The summed E-state index contributed by atoms with van der Waals surface area (Å²) in [5.74, 6) is 0.579. The molecule has 2 saturated heterocycles. The van der Waals surface area contributed by atoms with Crippen molar-refractivity contribution in [3.8, 4) is 0 Å². The Hall–Kier alpha value is -0.810. The molecule has 0 aromatic rings. The molecule has 0 aliphatic carbocycles. The van der Waals surface area contributed by atoms with Gasteiger partial charge in [-0.25, -0.2) is 4.79 Å². The molecule has 5 heteroatoms. The second kappa shape index (κ2) is 8.34.